The molecule has 1 spiro atoms. The van der Waals surface area contributed by atoms with Crippen LogP contribution in [0.4, 0.5) is 0 Å². The molecule has 3 fully saturated rings. The molecule has 1 aliphatic heterocycles. The van der Waals surface area contributed by atoms with E-state index in [0.717, 1.165) is 23.9 Å². The molecule has 1 saturated heterocycles. The highest BCUT2D eigenvalue weighted by Gasteiger charge is 2.61. The lowest BCUT2D eigenvalue weighted by molar-refractivity contribution is 0.0260. The molecule has 1 atom stereocenters. The summed E-state index contributed by atoms with van der Waals surface area (Å²) in [7, 11) is 0. The Morgan fingerprint density at radius 1 is 1.39 bits per heavy atom. The van der Waals surface area contributed by atoms with Crippen LogP contribution in [0, 0.1) is 0 Å². The van der Waals surface area contributed by atoms with Gasteiger partial charge in [0.1, 0.15) is 0 Å². The number of likely N-dealkylation sites (N-methyl/N-ethyl adjacent to an activating group) is 1. The molecule has 23 heavy (non-hydrogen) atoms. The van der Waals surface area contributed by atoms with E-state index in [1.54, 1.807) is 11.3 Å². The quantitative estimate of drug-likeness (QED) is 0.928. The summed E-state index contributed by atoms with van der Waals surface area (Å²) >= 11 is 1.68. The Morgan fingerprint density at radius 2 is 2.22 bits per heavy atom. The highest BCUT2D eigenvalue weighted by Crippen LogP contribution is 2.51. The first-order chi connectivity index (χ1) is 11.2. The Balaban J connectivity index is 1.38. The molecule has 1 aromatic carbocycles. The third kappa shape index (κ3) is 2.08. The largest absolute Gasteiger partial charge is 0.345 e. The molecule has 1 N–H and O–H groups in total. The summed E-state index contributed by atoms with van der Waals surface area (Å²) in [5, 5.41) is 4.54. The molecule has 2 saturated carbocycles. The molecule has 2 aromatic rings. The zero-order valence-electron chi connectivity index (χ0n) is 13.5. The number of carbonyl (C=O) groups excluding carboxylic acids is 1. The fourth-order valence-electron chi connectivity index (χ4n) is 4.24. The van der Waals surface area contributed by atoms with Gasteiger partial charge in [-0.25, -0.2) is 0 Å². The van der Waals surface area contributed by atoms with E-state index in [1.165, 1.54) is 41.3 Å². The fraction of sp³-hybridized carbons (Fsp3) is 0.526. The zero-order valence-corrected chi connectivity index (χ0v) is 14.3. The van der Waals surface area contributed by atoms with Crippen LogP contribution < -0.4 is 5.32 Å². The Labute approximate surface area is 140 Å². The molecule has 3 nitrogen and oxygen atoms in total. The number of likely N-dealkylation sites (tertiary alicyclic amines) is 1. The standard InChI is InChI=1S/C19H22N2OS/c1-2-21-11-16(19(21)8-9-19)20-18(22)15-10-13-4-3-5-14(12-6-7-12)17(13)23-15/h3-5,10,12,16H,2,6-9,11H2,1H3,(H,20,22). The lowest BCUT2D eigenvalue weighted by atomic mass is 9.93. The number of hydrogen-bond donors (Lipinski definition) is 1. The smallest absolute Gasteiger partial charge is 0.261 e. The van der Waals surface area contributed by atoms with Crippen LogP contribution in [0.1, 0.15) is 53.8 Å². The van der Waals surface area contributed by atoms with Gasteiger partial charge in [-0.3, -0.25) is 9.69 Å². The minimum Gasteiger partial charge on any atom is -0.345 e. The summed E-state index contributed by atoms with van der Waals surface area (Å²) in [6, 6.07) is 8.94. The van der Waals surface area contributed by atoms with E-state index in [9.17, 15) is 4.79 Å². The number of rotatable bonds is 4. The van der Waals surface area contributed by atoms with Crippen molar-refractivity contribution in [1.29, 1.82) is 0 Å². The van der Waals surface area contributed by atoms with Gasteiger partial charge in [0, 0.05) is 16.8 Å². The lowest BCUT2D eigenvalue weighted by Gasteiger charge is -2.49. The normalized spacial score (nSPS) is 25.5. The molecule has 1 amide bonds. The number of hydrogen-bond acceptors (Lipinski definition) is 3. The second kappa shape index (κ2) is 4.81. The van der Waals surface area contributed by atoms with Crippen LogP contribution in [-0.2, 0) is 0 Å². The number of carbonyl (C=O) groups is 1. The SMILES string of the molecule is CCN1CC(NC(=O)c2cc3cccc(C4CC4)c3s2)C12CC2. The van der Waals surface area contributed by atoms with Crippen LogP contribution in [0.5, 0.6) is 0 Å². The molecule has 2 heterocycles. The maximum Gasteiger partial charge on any atom is 0.261 e. The van der Waals surface area contributed by atoms with Crippen molar-refractivity contribution in [3.63, 3.8) is 0 Å². The maximum absolute atomic E-state index is 12.7. The first kappa shape index (κ1) is 14.0. The first-order valence-electron chi connectivity index (χ1n) is 8.79. The van der Waals surface area contributed by atoms with E-state index < -0.39 is 0 Å². The van der Waals surface area contributed by atoms with Crippen molar-refractivity contribution in [3.05, 3.63) is 34.7 Å². The average molecular weight is 326 g/mol. The Hall–Kier alpha value is -1.39. The second-order valence-corrected chi connectivity index (χ2v) is 8.37. The van der Waals surface area contributed by atoms with E-state index in [-0.39, 0.29) is 5.91 Å². The summed E-state index contributed by atoms with van der Waals surface area (Å²) < 4.78 is 1.32. The van der Waals surface area contributed by atoms with E-state index in [1.807, 2.05) is 0 Å². The second-order valence-electron chi connectivity index (χ2n) is 7.32. The molecule has 1 aromatic heterocycles. The van der Waals surface area contributed by atoms with Crippen LogP contribution in [0.3, 0.4) is 0 Å². The van der Waals surface area contributed by atoms with Gasteiger partial charge in [0.2, 0.25) is 0 Å². The highest BCUT2D eigenvalue weighted by atomic mass is 32.1. The summed E-state index contributed by atoms with van der Waals surface area (Å²) in [5.41, 5.74) is 1.76. The molecule has 2 aliphatic carbocycles. The number of nitrogens with one attached hydrogen (secondary N) is 1. The van der Waals surface area contributed by atoms with Crippen LogP contribution in [0.25, 0.3) is 10.1 Å². The van der Waals surface area contributed by atoms with Gasteiger partial charge in [-0.1, -0.05) is 25.1 Å². The average Bonchev–Trinajstić information content (AvgIpc) is 3.45. The molecule has 3 aliphatic rings. The third-order valence-electron chi connectivity index (χ3n) is 5.95. The van der Waals surface area contributed by atoms with Crippen LogP contribution in [0.15, 0.2) is 24.3 Å². The van der Waals surface area contributed by atoms with Gasteiger partial charge in [0.15, 0.2) is 0 Å². The molecular formula is C19H22N2OS. The molecule has 0 bridgehead atoms. The number of amides is 1. The minimum absolute atomic E-state index is 0.125. The van der Waals surface area contributed by atoms with Gasteiger partial charge in [-0.2, -0.15) is 0 Å². The summed E-state index contributed by atoms with van der Waals surface area (Å²) in [6.45, 7) is 4.32. The van der Waals surface area contributed by atoms with Gasteiger partial charge in [0.05, 0.1) is 10.9 Å². The zero-order chi connectivity index (χ0) is 15.6. The van der Waals surface area contributed by atoms with Crippen molar-refractivity contribution in [2.45, 2.75) is 50.1 Å². The van der Waals surface area contributed by atoms with Crippen LogP contribution in [-0.4, -0.2) is 35.5 Å². The maximum atomic E-state index is 12.7. The molecule has 4 heteroatoms. The number of thiophene rings is 1. The van der Waals surface area contributed by atoms with Crippen molar-refractivity contribution in [2.75, 3.05) is 13.1 Å². The van der Waals surface area contributed by atoms with Gasteiger partial charge in [0.25, 0.3) is 5.91 Å². The van der Waals surface area contributed by atoms with Crippen LogP contribution in [0.2, 0.25) is 0 Å². The first-order valence-corrected chi connectivity index (χ1v) is 9.61. The molecule has 5 rings (SSSR count). The highest BCUT2D eigenvalue weighted by molar-refractivity contribution is 7.21. The summed E-state index contributed by atoms with van der Waals surface area (Å²) in [4.78, 5) is 16.1. The van der Waals surface area contributed by atoms with Gasteiger partial charge >= 0.3 is 0 Å². The van der Waals surface area contributed by atoms with Gasteiger partial charge in [-0.05, 0) is 55.2 Å². The van der Waals surface area contributed by atoms with Crippen LogP contribution >= 0.6 is 11.3 Å². The topological polar surface area (TPSA) is 32.3 Å². The monoisotopic (exact) mass is 326 g/mol. The predicted octanol–water partition coefficient (Wildman–Crippen LogP) is 3.75. The molecule has 0 radical (unpaired) electrons. The summed E-state index contributed by atoms with van der Waals surface area (Å²) in [5.74, 6) is 0.854. The van der Waals surface area contributed by atoms with E-state index in [0.29, 0.717) is 11.6 Å². The van der Waals surface area contributed by atoms with Crippen molar-refractivity contribution in [2.24, 2.45) is 0 Å². The van der Waals surface area contributed by atoms with E-state index in [4.69, 9.17) is 0 Å². The predicted molar refractivity (Wildman–Crippen MR) is 94.3 cm³/mol. The summed E-state index contributed by atoms with van der Waals surface area (Å²) in [6.07, 6.45) is 5.08. The van der Waals surface area contributed by atoms with Crippen molar-refractivity contribution < 1.29 is 4.79 Å². The third-order valence-corrected chi connectivity index (χ3v) is 7.14. The molecular weight excluding hydrogens is 304 g/mol. The molecule has 1 unspecified atom stereocenters. The number of nitrogens with zero attached hydrogens (tertiary/aromatic N) is 1. The Morgan fingerprint density at radius 3 is 2.91 bits per heavy atom. The fourth-order valence-corrected chi connectivity index (χ4v) is 5.39. The van der Waals surface area contributed by atoms with E-state index in [2.05, 4.69) is 41.4 Å². The minimum atomic E-state index is 0.125. The Kier molecular flexibility index (Phi) is 2.92. The number of fused-ring (bicyclic) bond motifs is 1. The van der Waals surface area contributed by atoms with Gasteiger partial charge < -0.3 is 5.32 Å². The van der Waals surface area contributed by atoms with Crippen molar-refractivity contribution in [1.82, 2.24) is 10.2 Å². The Bertz CT molecular complexity index is 788. The molecule has 120 valence electrons. The van der Waals surface area contributed by atoms with Crippen molar-refractivity contribution in [3.8, 4) is 0 Å². The van der Waals surface area contributed by atoms with Gasteiger partial charge in [-0.15, -0.1) is 11.3 Å². The van der Waals surface area contributed by atoms with Crippen molar-refractivity contribution >= 4 is 27.3 Å². The lowest BCUT2D eigenvalue weighted by Crippen LogP contribution is -2.68. The number of benzene rings is 1. The van der Waals surface area contributed by atoms with E-state index >= 15 is 0 Å².